The lowest BCUT2D eigenvalue weighted by Crippen LogP contribution is -2.43. The minimum atomic E-state index is -0.929. The van der Waals surface area contributed by atoms with Gasteiger partial charge in [-0.2, -0.15) is 0 Å². The number of hydrogen-bond donors (Lipinski definition) is 4. The molecule has 15 heteroatoms. The molecule has 4 amide bonds. The molecule has 1 unspecified atom stereocenters. The highest BCUT2D eigenvalue weighted by molar-refractivity contribution is 5.89. The Morgan fingerprint density at radius 3 is 1.65 bits per heavy atom. The first-order valence-corrected chi connectivity index (χ1v) is 20.7. The first-order chi connectivity index (χ1) is 30.3. The number of aromatic nitrogens is 4. The fourth-order valence-corrected chi connectivity index (χ4v) is 8.10. The van der Waals surface area contributed by atoms with Crippen molar-refractivity contribution in [2.45, 2.75) is 65.1 Å². The largest absolute Gasteiger partial charge is 0.488 e. The van der Waals surface area contributed by atoms with E-state index < -0.39 is 18.2 Å². The number of rotatable bonds is 17. The van der Waals surface area contributed by atoms with E-state index in [9.17, 15) is 19.2 Å². The summed E-state index contributed by atoms with van der Waals surface area (Å²) in [4.78, 5) is 70.9. The molecule has 8 rings (SSSR count). The summed E-state index contributed by atoms with van der Waals surface area (Å²) in [6.07, 6.45) is 4.80. The second-order valence-corrected chi connectivity index (χ2v) is 15.2. The minimum Gasteiger partial charge on any atom is -0.488 e. The number of carbonyl (C=O) groups excluding carboxylic acids is 4. The zero-order chi connectivity index (χ0) is 43.2. The third kappa shape index (κ3) is 8.59. The SMILES string of the molecule is CCCN(Cc1ncc(-c2cc3c4c(c2)OCc2cc(-c5cnc(CN(CCC)C(=O)[C@H](NC=O)c6ccccc6)[nH]5)cc(c2-4)OC3)[nH]1)C(=O)C(NC(=O)OC)c1ccccc1. The lowest BCUT2D eigenvalue weighted by molar-refractivity contribution is -0.135. The van der Waals surface area contributed by atoms with E-state index in [1.54, 1.807) is 34.3 Å². The Labute approximate surface area is 358 Å². The molecular formula is C47H48N8O7. The number of amides is 4. The minimum absolute atomic E-state index is 0.204. The van der Waals surface area contributed by atoms with Crippen LogP contribution in [0.25, 0.3) is 33.6 Å². The van der Waals surface area contributed by atoms with E-state index in [1.807, 2.05) is 74.5 Å². The molecule has 0 saturated carbocycles. The number of alkyl carbamates (subject to hydrolysis) is 1. The average molecular weight is 837 g/mol. The molecule has 0 bridgehead atoms. The molecule has 2 aromatic heterocycles. The molecule has 318 valence electrons. The molecule has 4 aromatic carbocycles. The van der Waals surface area contributed by atoms with E-state index in [2.05, 4.69) is 42.7 Å². The maximum absolute atomic E-state index is 13.9. The topological polar surface area (TPSA) is 184 Å². The summed E-state index contributed by atoms with van der Waals surface area (Å²) >= 11 is 0. The van der Waals surface area contributed by atoms with Gasteiger partial charge in [-0.05, 0) is 48.2 Å². The van der Waals surface area contributed by atoms with Gasteiger partial charge in [-0.1, -0.05) is 74.5 Å². The second-order valence-electron chi connectivity index (χ2n) is 15.2. The molecule has 2 aliphatic heterocycles. The van der Waals surface area contributed by atoms with Gasteiger partial charge in [-0.3, -0.25) is 14.4 Å². The first kappa shape index (κ1) is 41.3. The molecule has 0 fully saturated rings. The van der Waals surface area contributed by atoms with Crippen LogP contribution >= 0.6 is 0 Å². The normalized spacial score (nSPS) is 13.1. The number of H-pyrrole nitrogens is 2. The Kier molecular flexibility index (Phi) is 12.3. The summed E-state index contributed by atoms with van der Waals surface area (Å²) in [5.41, 5.74) is 8.55. The smallest absolute Gasteiger partial charge is 0.407 e. The highest BCUT2D eigenvalue weighted by Crippen LogP contribution is 2.50. The van der Waals surface area contributed by atoms with Crippen molar-refractivity contribution in [3.8, 4) is 45.1 Å². The number of nitrogens with one attached hydrogen (secondary N) is 4. The van der Waals surface area contributed by atoms with Crippen molar-refractivity contribution in [3.05, 3.63) is 131 Å². The summed E-state index contributed by atoms with van der Waals surface area (Å²) < 4.78 is 17.7. The standard InChI is InChI=1S/C47H48N8O7/c1-4-16-54(45(57)43(50-28-56)29-12-8-6-9-13-29)24-39-48-22-35(51-39)31-18-33-26-62-38-21-32(19-34-27-61-37(20-31)41(33)42(34)38)36-23-49-40(52-36)25-55(17-5-2)46(58)44(53-47(59)60-3)30-14-10-7-11-15-30/h6-15,18-23,28,43-44H,4-5,16-17,24-27H2,1-3H3,(H,48,51)(H,49,52)(H,50,56)(H,53,59)/t43-,44?/m1/s1. The Morgan fingerprint density at radius 2 is 1.19 bits per heavy atom. The number of benzene rings is 4. The van der Waals surface area contributed by atoms with E-state index in [-0.39, 0.29) is 24.9 Å². The molecule has 4 N–H and O–H groups in total. The van der Waals surface area contributed by atoms with Crippen LogP contribution in [0.15, 0.2) is 97.3 Å². The van der Waals surface area contributed by atoms with Crippen LogP contribution in [-0.4, -0.2) is 74.3 Å². The lowest BCUT2D eigenvalue weighted by atomic mass is 9.87. The van der Waals surface area contributed by atoms with Gasteiger partial charge < -0.3 is 44.6 Å². The number of methoxy groups -OCH3 is 1. The van der Waals surface area contributed by atoms with Crippen LogP contribution in [0.2, 0.25) is 0 Å². The van der Waals surface area contributed by atoms with Crippen molar-refractivity contribution in [1.29, 1.82) is 0 Å². The monoisotopic (exact) mass is 836 g/mol. The third-order valence-electron chi connectivity index (χ3n) is 11.0. The highest BCUT2D eigenvalue weighted by Gasteiger charge is 2.32. The van der Waals surface area contributed by atoms with Gasteiger partial charge in [0.2, 0.25) is 18.2 Å². The Balaban J connectivity index is 0.999. The number of hydrogen-bond acceptors (Lipinski definition) is 9. The molecule has 0 spiro atoms. The summed E-state index contributed by atoms with van der Waals surface area (Å²) in [5, 5.41) is 5.38. The molecule has 15 nitrogen and oxygen atoms in total. The number of imidazole rings is 2. The summed E-state index contributed by atoms with van der Waals surface area (Å²) in [6, 6.07) is 24.7. The van der Waals surface area contributed by atoms with E-state index >= 15 is 0 Å². The quantitative estimate of drug-likeness (QED) is 0.0704. The van der Waals surface area contributed by atoms with Crippen molar-refractivity contribution in [1.82, 2.24) is 40.4 Å². The highest BCUT2D eigenvalue weighted by atomic mass is 16.5. The van der Waals surface area contributed by atoms with Crippen molar-refractivity contribution in [3.63, 3.8) is 0 Å². The molecule has 62 heavy (non-hydrogen) atoms. The summed E-state index contributed by atoms with van der Waals surface area (Å²) in [7, 11) is 1.27. The predicted octanol–water partition coefficient (Wildman–Crippen LogP) is 6.98. The summed E-state index contributed by atoms with van der Waals surface area (Å²) in [5.74, 6) is 2.19. The molecule has 2 aliphatic rings. The Hall–Kier alpha value is -7.42. The lowest BCUT2D eigenvalue weighted by Gasteiger charge is -2.30. The second kappa shape index (κ2) is 18.5. The van der Waals surface area contributed by atoms with E-state index in [0.29, 0.717) is 61.9 Å². The van der Waals surface area contributed by atoms with Crippen LogP contribution < -0.4 is 20.1 Å². The number of nitrogens with zero attached hydrogens (tertiary/aromatic N) is 4. The first-order valence-electron chi connectivity index (χ1n) is 20.7. The third-order valence-corrected chi connectivity index (χ3v) is 11.0. The van der Waals surface area contributed by atoms with Crippen molar-refractivity contribution < 1.29 is 33.4 Å². The van der Waals surface area contributed by atoms with Crippen LogP contribution in [0.5, 0.6) is 11.5 Å². The fraction of sp³-hybridized carbons (Fsp3) is 0.277. The molecule has 6 aromatic rings. The Bertz CT molecular complexity index is 2520. The van der Waals surface area contributed by atoms with Gasteiger partial charge >= 0.3 is 6.09 Å². The number of carbonyl (C=O) groups is 4. The van der Waals surface area contributed by atoms with Crippen LogP contribution in [0.4, 0.5) is 4.79 Å². The van der Waals surface area contributed by atoms with E-state index in [0.717, 1.165) is 62.7 Å². The molecule has 4 heterocycles. The van der Waals surface area contributed by atoms with Crippen molar-refractivity contribution in [2.24, 2.45) is 0 Å². The van der Waals surface area contributed by atoms with E-state index in [1.165, 1.54) is 7.11 Å². The van der Waals surface area contributed by atoms with Crippen LogP contribution in [0.3, 0.4) is 0 Å². The molecular weight excluding hydrogens is 789 g/mol. The van der Waals surface area contributed by atoms with Gasteiger partial charge in [0, 0.05) is 46.5 Å². The van der Waals surface area contributed by atoms with E-state index in [4.69, 9.17) is 14.2 Å². The molecule has 0 aliphatic carbocycles. The predicted molar refractivity (Wildman–Crippen MR) is 230 cm³/mol. The zero-order valence-electron chi connectivity index (χ0n) is 34.8. The van der Waals surface area contributed by atoms with Gasteiger partial charge in [0.15, 0.2) is 0 Å². The van der Waals surface area contributed by atoms with Gasteiger partial charge in [-0.25, -0.2) is 14.8 Å². The van der Waals surface area contributed by atoms with Gasteiger partial charge in [0.1, 0.15) is 48.4 Å². The average Bonchev–Trinajstić information content (AvgIpc) is 3.99. The van der Waals surface area contributed by atoms with Gasteiger partial charge in [-0.15, -0.1) is 0 Å². The van der Waals surface area contributed by atoms with Crippen LogP contribution in [0.1, 0.15) is 72.7 Å². The van der Waals surface area contributed by atoms with Gasteiger partial charge in [0.05, 0.1) is 44.0 Å². The number of aromatic amines is 2. The molecule has 0 saturated heterocycles. The fourth-order valence-electron chi connectivity index (χ4n) is 8.10. The van der Waals surface area contributed by atoms with Crippen LogP contribution in [-0.2, 0) is 45.4 Å². The molecule has 2 atom stereocenters. The summed E-state index contributed by atoms with van der Waals surface area (Å²) in [6.45, 7) is 6.03. The van der Waals surface area contributed by atoms with Crippen molar-refractivity contribution >= 4 is 24.3 Å². The van der Waals surface area contributed by atoms with Gasteiger partial charge in [0.25, 0.3) is 0 Å². The maximum Gasteiger partial charge on any atom is 0.407 e. The number of ether oxygens (including phenoxy) is 3. The van der Waals surface area contributed by atoms with Crippen LogP contribution in [0, 0.1) is 0 Å². The zero-order valence-corrected chi connectivity index (χ0v) is 34.8. The maximum atomic E-state index is 13.9. The molecule has 0 radical (unpaired) electrons. The Morgan fingerprint density at radius 1 is 0.726 bits per heavy atom. The van der Waals surface area contributed by atoms with Crippen molar-refractivity contribution in [2.75, 3.05) is 20.2 Å².